The van der Waals surface area contributed by atoms with Crippen LogP contribution >= 0.6 is 0 Å². The van der Waals surface area contributed by atoms with Crippen LogP contribution in [0.2, 0.25) is 0 Å². The molecule has 144 valence electrons. The highest BCUT2D eigenvalue weighted by atomic mass is 16.6. The third-order valence-electron chi connectivity index (χ3n) is 4.26. The number of aromatic nitrogens is 1. The molecule has 0 saturated carbocycles. The van der Waals surface area contributed by atoms with Gasteiger partial charge in [-0.1, -0.05) is 20.8 Å². The maximum absolute atomic E-state index is 13.0. The average Bonchev–Trinajstić information content (AvgIpc) is 2.78. The predicted molar refractivity (Wildman–Crippen MR) is 97.1 cm³/mol. The van der Waals surface area contributed by atoms with Crippen LogP contribution in [-0.2, 0) is 9.53 Å². The Balaban J connectivity index is 2.49. The Morgan fingerprint density at radius 1 is 1.19 bits per heavy atom. The lowest BCUT2D eigenvalue weighted by atomic mass is 9.91. The van der Waals surface area contributed by atoms with Crippen molar-refractivity contribution in [1.82, 2.24) is 14.8 Å². The summed E-state index contributed by atoms with van der Waals surface area (Å²) in [5.41, 5.74) is -0.612. The molecule has 1 saturated heterocycles. The number of aliphatic hydroxyl groups is 1. The monoisotopic (exact) mass is 363 g/mol. The second-order valence-electron chi connectivity index (χ2n) is 8.75. The van der Waals surface area contributed by atoms with Gasteiger partial charge in [-0.2, -0.15) is 0 Å². The van der Waals surface area contributed by atoms with E-state index in [1.807, 2.05) is 20.8 Å². The molecular weight excluding hydrogens is 334 g/mol. The van der Waals surface area contributed by atoms with Crippen molar-refractivity contribution in [3.8, 4) is 0 Å². The number of amides is 2. The molecule has 1 aromatic heterocycles. The standard InChI is InChI=1S/C19H29N3O4/c1-18(2,3)16-21(7)15(24)13(14(23)12-8-10-20-11-9-12)22(16)17(25)26-19(4,5)6/h8-11,13-14,16,23H,1-7H3. The third-order valence-corrected chi connectivity index (χ3v) is 4.26. The number of aliphatic hydroxyl groups excluding tert-OH is 1. The van der Waals surface area contributed by atoms with Gasteiger partial charge < -0.3 is 14.7 Å². The first-order valence-electron chi connectivity index (χ1n) is 8.70. The Kier molecular flexibility index (Phi) is 5.33. The number of likely N-dealkylation sites (N-methyl/N-ethyl adjacent to an activating group) is 1. The van der Waals surface area contributed by atoms with Gasteiger partial charge in [0.15, 0.2) is 0 Å². The summed E-state index contributed by atoms with van der Waals surface area (Å²) >= 11 is 0. The van der Waals surface area contributed by atoms with Gasteiger partial charge >= 0.3 is 6.09 Å². The number of nitrogens with zero attached hydrogens (tertiary/aromatic N) is 3. The van der Waals surface area contributed by atoms with E-state index in [1.165, 1.54) is 9.80 Å². The van der Waals surface area contributed by atoms with Gasteiger partial charge in [0.05, 0.1) is 0 Å². The molecule has 2 amide bonds. The van der Waals surface area contributed by atoms with Gasteiger partial charge in [-0.25, -0.2) is 4.79 Å². The summed E-state index contributed by atoms with van der Waals surface area (Å²) < 4.78 is 5.54. The van der Waals surface area contributed by atoms with E-state index in [9.17, 15) is 14.7 Å². The normalized spacial score (nSPS) is 22.5. The van der Waals surface area contributed by atoms with Crippen LogP contribution in [0.15, 0.2) is 24.5 Å². The van der Waals surface area contributed by atoms with Gasteiger partial charge in [0, 0.05) is 24.9 Å². The highest BCUT2D eigenvalue weighted by Gasteiger charge is 2.55. The molecule has 2 heterocycles. The maximum atomic E-state index is 13.0. The van der Waals surface area contributed by atoms with Crippen molar-refractivity contribution in [3.63, 3.8) is 0 Å². The molecule has 3 atom stereocenters. The first kappa shape index (κ1) is 20.2. The summed E-state index contributed by atoms with van der Waals surface area (Å²) in [4.78, 5) is 32.7. The number of ether oxygens (including phenoxy) is 1. The molecule has 26 heavy (non-hydrogen) atoms. The van der Waals surface area contributed by atoms with Gasteiger partial charge in [-0.15, -0.1) is 0 Å². The molecule has 7 heteroatoms. The summed E-state index contributed by atoms with van der Waals surface area (Å²) in [6, 6.07) is 2.21. The van der Waals surface area contributed by atoms with Crippen molar-refractivity contribution in [1.29, 1.82) is 0 Å². The minimum atomic E-state index is -1.17. The number of rotatable bonds is 2. The quantitative estimate of drug-likeness (QED) is 0.873. The van der Waals surface area contributed by atoms with Crippen molar-refractivity contribution < 1.29 is 19.4 Å². The molecule has 1 fully saturated rings. The van der Waals surface area contributed by atoms with Crippen molar-refractivity contribution in [2.24, 2.45) is 5.41 Å². The van der Waals surface area contributed by atoms with Gasteiger partial charge in [0.1, 0.15) is 23.9 Å². The predicted octanol–water partition coefficient (Wildman–Crippen LogP) is 2.56. The van der Waals surface area contributed by atoms with E-state index in [-0.39, 0.29) is 5.91 Å². The number of pyridine rings is 1. The second kappa shape index (κ2) is 6.87. The molecule has 3 unspecified atom stereocenters. The molecule has 0 aliphatic carbocycles. The van der Waals surface area contributed by atoms with Crippen LogP contribution in [0.5, 0.6) is 0 Å². The molecular formula is C19H29N3O4. The van der Waals surface area contributed by atoms with Gasteiger partial charge in [0.2, 0.25) is 5.91 Å². The molecule has 0 radical (unpaired) electrons. The van der Waals surface area contributed by atoms with Crippen LogP contribution in [0.3, 0.4) is 0 Å². The molecule has 1 N–H and O–H groups in total. The molecule has 0 aromatic carbocycles. The van der Waals surface area contributed by atoms with Crippen LogP contribution < -0.4 is 0 Å². The Labute approximate surface area is 155 Å². The van der Waals surface area contributed by atoms with E-state index in [0.29, 0.717) is 5.56 Å². The molecule has 2 rings (SSSR count). The summed E-state index contributed by atoms with van der Waals surface area (Å²) in [6.45, 7) is 11.1. The fourth-order valence-corrected chi connectivity index (χ4v) is 3.34. The molecule has 1 aliphatic rings. The lowest BCUT2D eigenvalue weighted by Gasteiger charge is -2.39. The molecule has 7 nitrogen and oxygen atoms in total. The molecule has 1 aliphatic heterocycles. The number of carbonyl (C=O) groups is 2. The summed E-state index contributed by atoms with van der Waals surface area (Å²) in [6.07, 6.45) is 0.758. The summed E-state index contributed by atoms with van der Waals surface area (Å²) in [7, 11) is 1.65. The Bertz CT molecular complexity index is 664. The lowest BCUT2D eigenvalue weighted by molar-refractivity contribution is -0.131. The van der Waals surface area contributed by atoms with E-state index in [1.54, 1.807) is 52.3 Å². The zero-order valence-electron chi connectivity index (χ0n) is 16.6. The first-order chi connectivity index (χ1) is 11.8. The molecule has 0 bridgehead atoms. The largest absolute Gasteiger partial charge is 0.444 e. The SMILES string of the molecule is CN1C(=O)C(C(O)c2ccncc2)N(C(=O)OC(C)(C)C)C1C(C)(C)C. The van der Waals surface area contributed by atoms with E-state index < -0.39 is 35.4 Å². The zero-order valence-corrected chi connectivity index (χ0v) is 16.6. The average molecular weight is 363 g/mol. The minimum absolute atomic E-state index is 0.319. The fourth-order valence-electron chi connectivity index (χ4n) is 3.34. The molecule has 0 spiro atoms. The molecule has 1 aromatic rings. The minimum Gasteiger partial charge on any atom is -0.444 e. The zero-order chi connectivity index (χ0) is 19.9. The highest BCUT2D eigenvalue weighted by molar-refractivity contribution is 5.90. The van der Waals surface area contributed by atoms with Gasteiger partial charge in [-0.3, -0.25) is 14.7 Å². The van der Waals surface area contributed by atoms with Crippen molar-refractivity contribution in [2.45, 2.75) is 65.5 Å². The topological polar surface area (TPSA) is 83.0 Å². The van der Waals surface area contributed by atoms with Gasteiger partial charge in [0.25, 0.3) is 0 Å². The Hall–Kier alpha value is -2.15. The third kappa shape index (κ3) is 3.98. The summed E-state index contributed by atoms with van der Waals surface area (Å²) in [5, 5.41) is 10.9. The van der Waals surface area contributed by atoms with Crippen LogP contribution in [-0.4, -0.2) is 56.7 Å². The van der Waals surface area contributed by atoms with E-state index in [4.69, 9.17) is 4.74 Å². The number of carbonyl (C=O) groups excluding carboxylic acids is 2. The highest BCUT2D eigenvalue weighted by Crippen LogP contribution is 2.38. The lowest BCUT2D eigenvalue weighted by Crippen LogP contribution is -2.53. The second-order valence-corrected chi connectivity index (χ2v) is 8.75. The van der Waals surface area contributed by atoms with Crippen LogP contribution in [0, 0.1) is 5.41 Å². The van der Waals surface area contributed by atoms with Gasteiger partial charge in [-0.05, 0) is 38.5 Å². The van der Waals surface area contributed by atoms with Crippen LogP contribution in [0.1, 0.15) is 53.2 Å². The van der Waals surface area contributed by atoms with E-state index >= 15 is 0 Å². The van der Waals surface area contributed by atoms with Crippen LogP contribution in [0.25, 0.3) is 0 Å². The van der Waals surface area contributed by atoms with E-state index in [2.05, 4.69) is 4.98 Å². The first-order valence-corrected chi connectivity index (χ1v) is 8.70. The smallest absolute Gasteiger partial charge is 0.412 e. The van der Waals surface area contributed by atoms with E-state index in [0.717, 1.165) is 0 Å². The fraction of sp³-hybridized carbons (Fsp3) is 0.632. The summed E-state index contributed by atoms with van der Waals surface area (Å²) in [5.74, 6) is -0.319. The number of hydrogen-bond acceptors (Lipinski definition) is 5. The van der Waals surface area contributed by atoms with Crippen molar-refractivity contribution in [3.05, 3.63) is 30.1 Å². The Morgan fingerprint density at radius 2 is 1.73 bits per heavy atom. The van der Waals surface area contributed by atoms with Crippen LogP contribution in [0.4, 0.5) is 4.79 Å². The van der Waals surface area contributed by atoms with Crippen molar-refractivity contribution in [2.75, 3.05) is 7.05 Å². The maximum Gasteiger partial charge on any atom is 0.412 e. The van der Waals surface area contributed by atoms with Crippen molar-refractivity contribution >= 4 is 12.0 Å². The number of hydrogen-bond donors (Lipinski definition) is 1. The Morgan fingerprint density at radius 3 is 2.19 bits per heavy atom.